The van der Waals surface area contributed by atoms with Crippen LogP contribution in [0.1, 0.15) is 36.5 Å². The second-order valence-electron chi connectivity index (χ2n) is 7.05. The van der Waals surface area contributed by atoms with Crippen molar-refractivity contribution in [2.75, 3.05) is 31.6 Å². The third-order valence-electron chi connectivity index (χ3n) is 4.88. The number of aldehydes is 1. The summed E-state index contributed by atoms with van der Waals surface area (Å²) in [6, 6.07) is 11.0. The average Bonchev–Trinajstić information content (AvgIpc) is 2.79. The van der Waals surface area contributed by atoms with Crippen molar-refractivity contribution in [2.24, 2.45) is 0 Å². The van der Waals surface area contributed by atoms with Gasteiger partial charge in [0.05, 0.1) is 22.8 Å². The number of hydrogen-bond acceptors (Lipinski definition) is 6. The molecule has 1 N–H and O–H groups in total. The smallest absolute Gasteiger partial charge is 0.262 e. The van der Waals surface area contributed by atoms with Gasteiger partial charge in [-0.15, -0.1) is 0 Å². The van der Waals surface area contributed by atoms with E-state index in [4.69, 9.17) is 9.47 Å². The maximum absolute atomic E-state index is 13.0. The standard InChI is InChI=1S/C22H26N2O6S/c1-2-29-21-11-10-18(31(27,28)24-12-6-3-7-13-24)14-19(21)23-22(26)16-30-20-9-5-4-8-17(20)15-25/h4-5,8-11,14-15H,2-3,6-7,12-13,16H2,1H3,(H,23,26). The molecule has 31 heavy (non-hydrogen) atoms. The lowest BCUT2D eigenvalue weighted by Crippen LogP contribution is -2.35. The van der Waals surface area contributed by atoms with Crippen molar-refractivity contribution in [3.8, 4) is 11.5 Å². The molecule has 1 heterocycles. The SMILES string of the molecule is CCOc1ccc(S(=O)(=O)N2CCCCC2)cc1NC(=O)COc1ccccc1C=O. The van der Waals surface area contributed by atoms with E-state index < -0.39 is 15.9 Å². The van der Waals surface area contributed by atoms with Gasteiger partial charge < -0.3 is 14.8 Å². The molecular formula is C22H26N2O6S. The predicted octanol–water partition coefficient (Wildman–Crippen LogP) is 3.09. The molecule has 0 aromatic heterocycles. The number of piperidine rings is 1. The van der Waals surface area contributed by atoms with E-state index in [0.717, 1.165) is 19.3 Å². The Balaban J connectivity index is 1.77. The topological polar surface area (TPSA) is 102 Å². The molecular weight excluding hydrogens is 420 g/mol. The predicted molar refractivity (Wildman–Crippen MR) is 116 cm³/mol. The van der Waals surface area contributed by atoms with Crippen LogP contribution in [0.15, 0.2) is 47.4 Å². The van der Waals surface area contributed by atoms with Gasteiger partial charge >= 0.3 is 0 Å². The fourth-order valence-electron chi connectivity index (χ4n) is 3.34. The summed E-state index contributed by atoms with van der Waals surface area (Å²) in [5, 5.41) is 2.66. The van der Waals surface area contributed by atoms with Gasteiger partial charge in [-0.05, 0) is 50.1 Å². The Labute approximate surface area is 182 Å². The molecule has 166 valence electrons. The highest BCUT2D eigenvalue weighted by Gasteiger charge is 2.27. The number of benzene rings is 2. The fourth-order valence-corrected chi connectivity index (χ4v) is 4.89. The highest BCUT2D eigenvalue weighted by atomic mass is 32.2. The van der Waals surface area contributed by atoms with Crippen LogP contribution in [-0.4, -0.2) is 51.2 Å². The molecule has 1 aliphatic heterocycles. The molecule has 2 aromatic rings. The van der Waals surface area contributed by atoms with Crippen LogP contribution < -0.4 is 14.8 Å². The van der Waals surface area contributed by atoms with Gasteiger partial charge in [-0.25, -0.2) is 8.42 Å². The van der Waals surface area contributed by atoms with E-state index >= 15 is 0 Å². The first kappa shape index (κ1) is 22.8. The molecule has 2 aromatic carbocycles. The lowest BCUT2D eigenvalue weighted by molar-refractivity contribution is -0.118. The largest absolute Gasteiger partial charge is 0.492 e. The van der Waals surface area contributed by atoms with Gasteiger partial charge in [-0.2, -0.15) is 4.31 Å². The number of anilines is 1. The zero-order valence-corrected chi connectivity index (χ0v) is 18.2. The monoisotopic (exact) mass is 446 g/mol. The Morgan fingerprint density at radius 2 is 1.81 bits per heavy atom. The summed E-state index contributed by atoms with van der Waals surface area (Å²) < 4.78 is 38.4. The van der Waals surface area contributed by atoms with Gasteiger partial charge in [0, 0.05) is 13.1 Å². The van der Waals surface area contributed by atoms with Crippen molar-refractivity contribution in [1.29, 1.82) is 0 Å². The van der Waals surface area contributed by atoms with Crippen molar-refractivity contribution in [1.82, 2.24) is 4.31 Å². The van der Waals surface area contributed by atoms with E-state index in [1.807, 2.05) is 0 Å². The molecule has 1 fully saturated rings. The number of sulfonamides is 1. The number of rotatable bonds is 9. The highest BCUT2D eigenvalue weighted by Crippen LogP contribution is 2.30. The third kappa shape index (κ3) is 5.62. The number of carbonyl (C=O) groups is 2. The first-order valence-electron chi connectivity index (χ1n) is 10.2. The number of amides is 1. The van der Waals surface area contributed by atoms with Gasteiger partial charge in [0.2, 0.25) is 10.0 Å². The van der Waals surface area contributed by atoms with Gasteiger partial charge in [-0.1, -0.05) is 18.6 Å². The van der Waals surface area contributed by atoms with Crippen molar-refractivity contribution >= 4 is 27.9 Å². The van der Waals surface area contributed by atoms with Crippen LogP contribution in [0.5, 0.6) is 11.5 Å². The van der Waals surface area contributed by atoms with Crippen LogP contribution >= 0.6 is 0 Å². The van der Waals surface area contributed by atoms with E-state index in [2.05, 4.69) is 5.32 Å². The van der Waals surface area contributed by atoms with Crippen molar-refractivity contribution in [3.05, 3.63) is 48.0 Å². The molecule has 0 aliphatic carbocycles. The Morgan fingerprint density at radius 3 is 2.52 bits per heavy atom. The first-order chi connectivity index (χ1) is 15.0. The third-order valence-corrected chi connectivity index (χ3v) is 6.78. The Kier molecular flexibility index (Phi) is 7.64. The molecule has 0 spiro atoms. The number of hydrogen-bond donors (Lipinski definition) is 1. The van der Waals surface area contributed by atoms with E-state index in [1.54, 1.807) is 37.3 Å². The number of ether oxygens (including phenoxy) is 2. The maximum Gasteiger partial charge on any atom is 0.262 e. The molecule has 0 atom stereocenters. The minimum atomic E-state index is -3.66. The van der Waals surface area contributed by atoms with Gasteiger partial charge in [0.15, 0.2) is 12.9 Å². The Bertz CT molecular complexity index is 1030. The molecule has 1 aliphatic rings. The minimum absolute atomic E-state index is 0.0976. The van der Waals surface area contributed by atoms with Crippen molar-refractivity contribution < 1.29 is 27.5 Å². The number of para-hydroxylation sites is 1. The number of carbonyl (C=O) groups excluding carboxylic acids is 2. The minimum Gasteiger partial charge on any atom is -0.492 e. The normalized spacial score (nSPS) is 14.6. The summed E-state index contributed by atoms with van der Waals surface area (Å²) in [5.41, 5.74) is 0.581. The summed E-state index contributed by atoms with van der Waals surface area (Å²) in [6.07, 6.45) is 3.33. The van der Waals surface area contributed by atoms with E-state index in [9.17, 15) is 18.0 Å². The molecule has 3 rings (SSSR count). The lowest BCUT2D eigenvalue weighted by atomic mass is 10.2. The zero-order valence-electron chi connectivity index (χ0n) is 17.4. The molecule has 0 saturated carbocycles. The van der Waals surface area contributed by atoms with Crippen LogP contribution in [0.25, 0.3) is 0 Å². The molecule has 9 heteroatoms. The van der Waals surface area contributed by atoms with Crippen LogP contribution in [0.4, 0.5) is 5.69 Å². The van der Waals surface area contributed by atoms with E-state index in [-0.39, 0.29) is 17.2 Å². The second-order valence-corrected chi connectivity index (χ2v) is 8.99. The summed E-state index contributed by atoms with van der Waals surface area (Å²) in [4.78, 5) is 23.6. The van der Waals surface area contributed by atoms with Crippen molar-refractivity contribution in [2.45, 2.75) is 31.1 Å². The zero-order chi connectivity index (χ0) is 22.3. The molecule has 0 bridgehead atoms. The van der Waals surface area contributed by atoms with Gasteiger partial charge in [-0.3, -0.25) is 9.59 Å². The number of nitrogens with one attached hydrogen (secondary N) is 1. The molecule has 1 saturated heterocycles. The summed E-state index contributed by atoms with van der Waals surface area (Å²) in [7, 11) is -3.66. The van der Waals surface area contributed by atoms with Gasteiger partial charge in [0.25, 0.3) is 5.91 Å². The maximum atomic E-state index is 13.0. The lowest BCUT2D eigenvalue weighted by Gasteiger charge is -2.26. The molecule has 8 nitrogen and oxygen atoms in total. The van der Waals surface area contributed by atoms with E-state index in [1.165, 1.54) is 16.4 Å². The summed E-state index contributed by atoms with van der Waals surface area (Å²) in [5.74, 6) is 0.148. The van der Waals surface area contributed by atoms with E-state index in [0.29, 0.717) is 43.0 Å². The van der Waals surface area contributed by atoms with Gasteiger partial charge in [0.1, 0.15) is 11.5 Å². The first-order valence-corrected chi connectivity index (χ1v) is 11.6. The molecule has 0 unspecified atom stereocenters. The van der Waals surface area contributed by atoms with Crippen LogP contribution in [0.3, 0.4) is 0 Å². The quantitative estimate of drug-likeness (QED) is 0.594. The summed E-state index contributed by atoms with van der Waals surface area (Å²) in [6.45, 7) is 2.77. The highest BCUT2D eigenvalue weighted by molar-refractivity contribution is 7.89. The molecule has 0 radical (unpaired) electrons. The Morgan fingerprint density at radius 1 is 1.06 bits per heavy atom. The Hall–Kier alpha value is -2.91. The molecule has 1 amide bonds. The van der Waals surface area contributed by atoms with Crippen LogP contribution in [0, 0.1) is 0 Å². The second kappa shape index (κ2) is 10.4. The average molecular weight is 447 g/mol. The van der Waals surface area contributed by atoms with Crippen LogP contribution in [0.2, 0.25) is 0 Å². The van der Waals surface area contributed by atoms with Crippen molar-refractivity contribution in [3.63, 3.8) is 0 Å². The summed E-state index contributed by atoms with van der Waals surface area (Å²) >= 11 is 0. The fraction of sp³-hybridized carbons (Fsp3) is 0.364. The number of nitrogens with zero attached hydrogens (tertiary/aromatic N) is 1. The van der Waals surface area contributed by atoms with Crippen LogP contribution in [-0.2, 0) is 14.8 Å².